The highest BCUT2D eigenvalue weighted by molar-refractivity contribution is 8.02. The zero-order valence-corrected chi connectivity index (χ0v) is 28.1. The summed E-state index contributed by atoms with van der Waals surface area (Å²) in [4.78, 5) is 51.3. The molecule has 10 heteroatoms. The number of ether oxygens (including phenoxy) is 1. The Balaban J connectivity index is 1.40. The maximum Gasteiger partial charge on any atom is 0.251 e. The molecule has 3 amide bonds. The van der Waals surface area contributed by atoms with E-state index in [2.05, 4.69) is 24.8 Å². The number of aliphatic hydroxyl groups excluding tert-OH is 1. The standard InChI is InChI=1S/C36H44N4O5S/c1-6-37(7-2)25-11-13-26(14-12-25)39-22-10-20-36-30(33(43)40(24(4)23-41)31(36)34(39)44)29-32(42)38(21-9-19-35(29,5)46-36)27-15-17-28(18-16-27)45-8-3/h9-20,24,29-31,41H,6-8,21-23H2,1-5H3/t24-,29-,30+,31?,35+,36+/m1/s1. The van der Waals surface area contributed by atoms with Crippen molar-refractivity contribution in [3.8, 4) is 5.75 Å². The Kier molecular flexibility index (Phi) is 8.71. The lowest BCUT2D eigenvalue weighted by molar-refractivity contribution is -0.141. The van der Waals surface area contributed by atoms with Crippen LogP contribution in [0.25, 0.3) is 0 Å². The molecule has 1 unspecified atom stereocenters. The second-order valence-electron chi connectivity index (χ2n) is 12.6. The summed E-state index contributed by atoms with van der Waals surface area (Å²) in [5, 5.41) is 10.3. The summed E-state index contributed by atoms with van der Waals surface area (Å²) in [5.74, 6) is -1.39. The summed E-state index contributed by atoms with van der Waals surface area (Å²) in [7, 11) is 0. The maximum atomic E-state index is 14.8. The minimum atomic E-state index is -0.991. The third-order valence-electron chi connectivity index (χ3n) is 9.98. The van der Waals surface area contributed by atoms with E-state index in [9.17, 15) is 19.5 Å². The summed E-state index contributed by atoms with van der Waals surface area (Å²) in [6.45, 7) is 12.7. The Morgan fingerprint density at radius 3 is 2.04 bits per heavy atom. The number of carbonyl (C=O) groups excluding carboxylic acids is 3. The van der Waals surface area contributed by atoms with Crippen LogP contribution in [0.3, 0.4) is 0 Å². The summed E-state index contributed by atoms with van der Waals surface area (Å²) in [6.07, 6.45) is 8.04. The molecular weight excluding hydrogens is 600 g/mol. The van der Waals surface area contributed by atoms with Crippen LogP contribution in [0.15, 0.2) is 72.8 Å². The first-order valence-electron chi connectivity index (χ1n) is 16.3. The number of rotatable bonds is 9. The largest absolute Gasteiger partial charge is 0.494 e. The van der Waals surface area contributed by atoms with Gasteiger partial charge in [-0.2, -0.15) is 0 Å². The number of aliphatic hydroxyl groups is 1. The highest BCUT2D eigenvalue weighted by Crippen LogP contribution is 2.66. The van der Waals surface area contributed by atoms with E-state index in [1.165, 1.54) is 0 Å². The van der Waals surface area contributed by atoms with E-state index in [-0.39, 0.29) is 24.3 Å². The van der Waals surface area contributed by atoms with Crippen molar-refractivity contribution < 1.29 is 24.2 Å². The Hall–Kier alpha value is -3.76. The number of carbonyl (C=O) groups is 3. The second-order valence-corrected chi connectivity index (χ2v) is 14.4. The number of fused-ring (bicyclic) bond motifs is 2. The number of likely N-dealkylation sites (tertiary alicyclic amines) is 1. The van der Waals surface area contributed by atoms with Gasteiger partial charge in [-0.3, -0.25) is 14.4 Å². The minimum absolute atomic E-state index is 0.148. The number of anilines is 3. The van der Waals surface area contributed by atoms with Gasteiger partial charge in [0.25, 0.3) is 5.91 Å². The SMILES string of the molecule is CCOc1ccc(N2CC=C[C@]3(C)S[C@]45C=CCN(c6ccc(N(CC)CC)cc6)C(=O)C4N([C@H](C)CO)C(=O)[C@@H]5[C@@H]3C2=O)cc1. The monoisotopic (exact) mass is 644 g/mol. The first-order valence-corrected chi connectivity index (χ1v) is 17.1. The molecule has 4 aliphatic heterocycles. The van der Waals surface area contributed by atoms with Gasteiger partial charge >= 0.3 is 0 Å². The molecule has 9 nitrogen and oxygen atoms in total. The fourth-order valence-corrected chi connectivity index (χ4v) is 9.95. The smallest absolute Gasteiger partial charge is 0.251 e. The van der Waals surface area contributed by atoms with Gasteiger partial charge < -0.3 is 29.4 Å². The predicted molar refractivity (Wildman–Crippen MR) is 183 cm³/mol. The lowest BCUT2D eigenvalue weighted by Gasteiger charge is -2.38. The summed E-state index contributed by atoms with van der Waals surface area (Å²) in [5.41, 5.74) is 2.55. The number of hydrogen-bond acceptors (Lipinski definition) is 7. The zero-order valence-electron chi connectivity index (χ0n) is 27.3. The Morgan fingerprint density at radius 1 is 0.870 bits per heavy atom. The molecule has 0 radical (unpaired) electrons. The van der Waals surface area contributed by atoms with Crippen LogP contribution in [-0.2, 0) is 14.4 Å². The van der Waals surface area contributed by atoms with Crippen molar-refractivity contribution in [3.63, 3.8) is 0 Å². The third kappa shape index (κ3) is 5.01. The Labute approximate surface area is 275 Å². The van der Waals surface area contributed by atoms with E-state index in [4.69, 9.17) is 4.74 Å². The van der Waals surface area contributed by atoms with Gasteiger partial charge in [-0.05, 0) is 83.1 Å². The van der Waals surface area contributed by atoms with E-state index in [0.717, 1.165) is 35.9 Å². The molecule has 244 valence electrons. The van der Waals surface area contributed by atoms with Crippen molar-refractivity contribution in [2.75, 3.05) is 54.1 Å². The van der Waals surface area contributed by atoms with Gasteiger partial charge in [0.2, 0.25) is 11.8 Å². The number of thioether (sulfide) groups is 1. The van der Waals surface area contributed by atoms with Gasteiger partial charge in [0.1, 0.15) is 11.8 Å². The summed E-state index contributed by atoms with van der Waals surface area (Å²) < 4.78 is 3.89. The van der Waals surface area contributed by atoms with Crippen LogP contribution in [0.1, 0.15) is 34.6 Å². The van der Waals surface area contributed by atoms with Crippen molar-refractivity contribution >= 4 is 46.5 Å². The maximum absolute atomic E-state index is 14.8. The van der Waals surface area contributed by atoms with Crippen LogP contribution in [0.4, 0.5) is 17.1 Å². The van der Waals surface area contributed by atoms with Crippen LogP contribution in [0.2, 0.25) is 0 Å². The van der Waals surface area contributed by atoms with Crippen molar-refractivity contribution in [3.05, 3.63) is 72.8 Å². The van der Waals surface area contributed by atoms with Gasteiger partial charge in [0.05, 0.1) is 35.8 Å². The molecule has 2 aromatic rings. The minimum Gasteiger partial charge on any atom is -0.494 e. The quantitative estimate of drug-likeness (QED) is 0.402. The molecule has 46 heavy (non-hydrogen) atoms. The molecule has 2 aromatic carbocycles. The molecule has 0 aliphatic carbocycles. The van der Waals surface area contributed by atoms with Crippen molar-refractivity contribution in [1.29, 1.82) is 0 Å². The normalized spacial score (nSPS) is 29.3. The zero-order chi connectivity index (χ0) is 32.8. The highest BCUT2D eigenvalue weighted by atomic mass is 32.2. The molecule has 6 rings (SSSR count). The number of hydrogen-bond donors (Lipinski definition) is 1. The summed E-state index contributed by atoms with van der Waals surface area (Å²) >= 11 is 1.54. The molecule has 4 heterocycles. The lowest BCUT2D eigenvalue weighted by Crippen LogP contribution is -2.56. The first-order chi connectivity index (χ1) is 22.1. The van der Waals surface area contributed by atoms with E-state index in [0.29, 0.717) is 19.7 Å². The first kappa shape index (κ1) is 32.2. The average Bonchev–Trinajstić information content (AvgIpc) is 3.33. The molecule has 0 aromatic heterocycles. The molecule has 1 spiro atoms. The summed E-state index contributed by atoms with van der Waals surface area (Å²) in [6, 6.07) is 13.9. The van der Waals surface area contributed by atoms with Crippen LogP contribution >= 0.6 is 11.8 Å². The Bertz CT molecular complexity index is 1540. The van der Waals surface area contributed by atoms with Gasteiger partial charge in [-0.25, -0.2) is 0 Å². The second kappa shape index (κ2) is 12.4. The molecule has 1 N–H and O–H groups in total. The highest BCUT2D eigenvalue weighted by Gasteiger charge is 2.74. The van der Waals surface area contributed by atoms with E-state index >= 15 is 0 Å². The van der Waals surface area contributed by atoms with Crippen molar-refractivity contribution in [1.82, 2.24) is 4.90 Å². The third-order valence-corrected chi connectivity index (χ3v) is 11.8. The fourth-order valence-electron chi connectivity index (χ4n) is 7.81. The van der Waals surface area contributed by atoms with Gasteiger partial charge in [0, 0.05) is 48.0 Å². The lowest BCUT2D eigenvalue weighted by atomic mass is 9.74. The van der Waals surface area contributed by atoms with Crippen molar-refractivity contribution in [2.45, 2.75) is 56.2 Å². The average molecular weight is 645 g/mol. The number of benzene rings is 2. The molecular formula is C36H44N4O5S. The van der Waals surface area contributed by atoms with E-state index in [1.807, 2.05) is 80.6 Å². The van der Waals surface area contributed by atoms with E-state index < -0.39 is 33.4 Å². The van der Waals surface area contributed by atoms with Gasteiger partial charge in [-0.1, -0.05) is 24.3 Å². The van der Waals surface area contributed by atoms with Crippen LogP contribution in [0, 0.1) is 11.8 Å². The molecule has 0 bridgehead atoms. The number of amides is 3. The fraction of sp³-hybridized carbons (Fsp3) is 0.472. The van der Waals surface area contributed by atoms with Crippen LogP contribution in [-0.4, -0.2) is 88.7 Å². The molecule has 0 saturated carbocycles. The molecule has 2 saturated heterocycles. The van der Waals surface area contributed by atoms with E-state index in [1.54, 1.807) is 33.4 Å². The molecule has 4 aliphatic rings. The topological polar surface area (TPSA) is 93.6 Å². The van der Waals surface area contributed by atoms with Gasteiger partial charge in [-0.15, -0.1) is 11.8 Å². The Morgan fingerprint density at radius 2 is 1.46 bits per heavy atom. The van der Waals surface area contributed by atoms with Crippen molar-refractivity contribution in [2.24, 2.45) is 11.8 Å². The number of nitrogens with zero attached hydrogens (tertiary/aromatic N) is 4. The van der Waals surface area contributed by atoms with Gasteiger partial charge in [0.15, 0.2) is 0 Å². The van der Waals surface area contributed by atoms with Crippen LogP contribution < -0.4 is 19.4 Å². The van der Waals surface area contributed by atoms with Crippen LogP contribution in [0.5, 0.6) is 5.75 Å². The molecule has 6 atom stereocenters. The molecule has 2 fully saturated rings. The predicted octanol–water partition coefficient (Wildman–Crippen LogP) is 4.51.